The summed E-state index contributed by atoms with van der Waals surface area (Å²) in [5.74, 6) is -0.742. The number of amides is 1. The standard InChI is InChI=1S/C28H26ClNO3/c1-18-6-8-19(9-7-18)17-30-25-13-12-23(29)15-24(25)28(33,27(30)32)16-26(31)22-11-10-20-4-2-3-5-21(20)14-22/h6-15,33H,2-5,16-17H2,1H3. The summed E-state index contributed by atoms with van der Waals surface area (Å²) in [6.07, 6.45) is 3.96. The van der Waals surface area contributed by atoms with E-state index in [2.05, 4.69) is 0 Å². The van der Waals surface area contributed by atoms with Crippen molar-refractivity contribution in [1.29, 1.82) is 0 Å². The second-order valence-electron chi connectivity index (χ2n) is 9.19. The third-order valence-corrected chi connectivity index (χ3v) is 7.08. The van der Waals surface area contributed by atoms with Gasteiger partial charge in [0.2, 0.25) is 0 Å². The number of hydrogen-bond donors (Lipinski definition) is 1. The number of nitrogens with zero attached hydrogens (tertiary/aromatic N) is 1. The molecule has 4 nitrogen and oxygen atoms in total. The number of aryl methyl sites for hydroxylation is 3. The number of carbonyl (C=O) groups is 2. The monoisotopic (exact) mass is 459 g/mol. The normalized spacial score (nSPS) is 19.4. The fourth-order valence-corrected chi connectivity index (χ4v) is 5.14. The van der Waals surface area contributed by atoms with Gasteiger partial charge in [-0.3, -0.25) is 9.59 Å². The topological polar surface area (TPSA) is 57.6 Å². The summed E-state index contributed by atoms with van der Waals surface area (Å²) in [4.78, 5) is 28.4. The number of halogens is 1. The third kappa shape index (κ3) is 3.98. The molecule has 5 heteroatoms. The molecule has 0 fully saturated rings. The Balaban J connectivity index is 1.47. The predicted octanol–water partition coefficient (Wildman–Crippen LogP) is 5.53. The van der Waals surface area contributed by atoms with Gasteiger partial charge >= 0.3 is 0 Å². The zero-order valence-corrected chi connectivity index (χ0v) is 19.4. The van der Waals surface area contributed by atoms with Crippen molar-refractivity contribution in [3.05, 3.63) is 99.1 Å². The van der Waals surface area contributed by atoms with Crippen LogP contribution in [-0.4, -0.2) is 16.8 Å². The van der Waals surface area contributed by atoms with E-state index < -0.39 is 11.5 Å². The van der Waals surface area contributed by atoms with Crippen molar-refractivity contribution in [3.63, 3.8) is 0 Å². The average Bonchev–Trinajstić information content (AvgIpc) is 3.01. The lowest BCUT2D eigenvalue weighted by Crippen LogP contribution is -2.41. The second-order valence-corrected chi connectivity index (χ2v) is 9.63. The van der Waals surface area contributed by atoms with Crippen molar-refractivity contribution < 1.29 is 14.7 Å². The Hall–Kier alpha value is -2.95. The summed E-state index contributed by atoms with van der Waals surface area (Å²) in [6.45, 7) is 2.32. The van der Waals surface area contributed by atoms with Gasteiger partial charge in [0.05, 0.1) is 18.7 Å². The minimum absolute atomic E-state index is 0.248. The Morgan fingerprint density at radius 3 is 2.48 bits per heavy atom. The molecular formula is C28H26ClNO3. The number of carbonyl (C=O) groups excluding carboxylic acids is 2. The third-order valence-electron chi connectivity index (χ3n) is 6.84. The van der Waals surface area contributed by atoms with Crippen LogP contribution in [0.2, 0.25) is 5.02 Å². The van der Waals surface area contributed by atoms with E-state index in [0.29, 0.717) is 28.4 Å². The van der Waals surface area contributed by atoms with E-state index in [0.717, 1.165) is 30.4 Å². The molecule has 0 radical (unpaired) electrons. The summed E-state index contributed by atoms with van der Waals surface area (Å²) in [5.41, 5.74) is 4.13. The first kappa shape index (κ1) is 21.9. The Bertz CT molecular complexity index is 1250. The number of anilines is 1. The minimum Gasteiger partial charge on any atom is -0.375 e. The molecule has 3 aromatic carbocycles. The van der Waals surface area contributed by atoms with Crippen LogP contribution in [0.5, 0.6) is 0 Å². The van der Waals surface area contributed by atoms with Crippen LogP contribution >= 0.6 is 11.6 Å². The molecule has 0 saturated carbocycles. The van der Waals surface area contributed by atoms with E-state index in [1.807, 2.05) is 49.4 Å². The van der Waals surface area contributed by atoms with Crippen molar-refractivity contribution in [2.24, 2.45) is 0 Å². The first-order valence-corrected chi connectivity index (χ1v) is 11.8. The second kappa shape index (κ2) is 8.44. The highest BCUT2D eigenvalue weighted by Crippen LogP contribution is 2.45. The van der Waals surface area contributed by atoms with E-state index in [9.17, 15) is 14.7 Å². The highest BCUT2D eigenvalue weighted by atomic mass is 35.5. The number of ketones is 1. The van der Waals surface area contributed by atoms with E-state index in [1.54, 1.807) is 23.1 Å². The quantitative estimate of drug-likeness (QED) is 0.510. The molecular weight excluding hydrogens is 434 g/mol. The van der Waals surface area contributed by atoms with Gasteiger partial charge in [-0.2, -0.15) is 0 Å². The molecule has 0 spiro atoms. The van der Waals surface area contributed by atoms with Gasteiger partial charge in [-0.25, -0.2) is 0 Å². The van der Waals surface area contributed by atoms with Crippen molar-refractivity contribution in [3.8, 4) is 0 Å². The van der Waals surface area contributed by atoms with Crippen LogP contribution in [0.4, 0.5) is 5.69 Å². The maximum atomic E-state index is 13.5. The molecule has 3 aromatic rings. The van der Waals surface area contributed by atoms with Crippen molar-refractivity contribution >= 4 is 29.0 Å². The zero-order chi connectivity index (χ0) is 23.2. The fraction of sp³-hybridized carbons (Fsp3) is 0.286. The average molecular weight is 460 g/mol. The van der Waals surface area contributed by atoms with Crippen LogP contribution in [0.25, 0.3) is 0 Å². The molecule has 1 amide bonds. The highest BCUT2D eigenvalue weighted by Gasteiger charge is 2.51. The van der Waals surface area contributed by atoms with Gasteiger partial charge < -0.3 is 10.0 Å². The molecule has 33 heavy (non-hydrogen) atoms. The maximum Gasteiger partial charge on any atom is 0.264 e. The Labute approximate surface area is 198 Å². The lowest BCUT2D eigenvalue weighted by Gasteiger charge is -2.23. The van der Waals surface area contributed by atoms with Gasteiger partial charge in [-0.05, 0) is 73.6 Å². The van der Waals surface area contributed by atoms with Gasteiger partial charge in [0.1, 0.15) is 0 Å². The van der Waals surface area contributed by atoms with Crippen LogP contribution in [0, 0.1) is 6.92 Å². The number of aliphatic hydroxyl groups is 1. The molecule has 5 rings (SSSR count). The van der Waals surface area contributed by atoms with E-state index in [4.69, 9.17) is 11.6 Å². The molecule has 1 aliphatic heterocycles. The molecule has 1 aliphatic carbocycles. The number of benzene rings is 3. The predicted molar refractivity (Wildman–Crippen MR) is 130 cm³/mol. The van der Waals surface area contributed by atoms with E-state index >= 15 is 0 Å². The first-order chi connectivity index (χ1) is 15.8. The van der Waals surface area contributed by atoms with Gasteiger partial charge in [0.15, 0.2) is 11.4 Å². The minimum atomic E-state index is -1.95. The fourth-order valence-electron chi connectivity index (χ4n) is 4.97. The molecule has 0 aromatic heterocycles. The maximum absolute atomic E-state index is 13.5. The van der Waals surface area contributed by atoms with Gasteiger partial charge in [0, 0.05) is 16.1 Å². The Morgan fingerprint density at radius 1 is 1.00 bits per heavy atom. The number of Topliss-reactive ketones (excluding diaryl/α,β-unsaturated/α-hetero) is 1. The summed E-state index contributed by atoms with van der Waals surface area (Å²) < 4.78 is 0. The molecule has 1 heterocycles. The largest absolute Gasteiger partial charge is 0.375 e. The molecule has 1 atom stereocenters. The Kier molecular flexibility index (Phi) is 5.59. The smallest absolute Gasteiger partial charge is 0.264 e. The van der Waals surface area contributed by atoms with Crippen LogP contribution in [-0.2, 0) is 29.8 Å². The lowest BCUT2D eigenvalue weighted by atomic mass is 9.85. The molecule has 2 aliphatic rings. The van der Waals surface area contributed by atoms with E-state index in [-0.39, 0.29) is 12.2 Å². The summed E-state index contributed by atoms with van der Waals surface area (Å²) in [7, 11) is 0. The molecule has 0 saturated heterocycles. The molecule has 1 unspecified atom stereocenters. The van der Waals surface area contributed by atoms with Crippen LogP contribution < -0.4 is 4.90 Å². The molecule has 1 N–H and O–H groups in total. The SMILES string of the molecule is Cc1ccc(CN2C(=O)C(O)(CC(=O)c3ccc4c(c3)CCCC4)c3cc(Cl)ccc32)cc1. The van der Waals surface area contributed by atoms with Crippen LogP contribution in [0.1, 0.15) is 57.4 Å². The van der Waals surface area contributed by atoms with Crippen molar-refractivity contribution in [2.45, 2.75) is 51.2 Å². The number of rotatable bonds is 5. The summed E-state index contributed by atoms with van der Waals surface area (Å²) >= 11 is 6.23. The Morgan fingerprint density at radius 2 is 1.73 bits per heavy atom. The van der Waals surface area contributed by atoms with E-state index in [1.165, 1.54) is 17.5 Å². The van der Waals surface area contributed by atoms with Crippen LogP contribution in [0.15, 0.2) is 60.7 Å². The number of hydrogen-bond acceptors (Lipinski definition) is 3. The number of fused-ring (bicyclic) bond motifs is 2. The molecule has 0 bridgehead atoms. The lowest BCUT2D eigenvalue weighted by molar-refractivity contribution is -0.136. The van der Waals surface area contributed by atoms with Crippen LogP contribution in [0.3, 0.4) is 0 Å². The van der Waals surface area contributed by atoms with Crippen molar-refractivity contribution in [1.82, 2.24) is 0 Å². The van der Waals surface area contributed by atoms with Gasteiger partial charge in [-0.15, -0.1) is 0 Å². The van der Waals surface area contributed by atoms with Crippen molar-refractivity contribution in [2.75, 3.05) is 4.90 Å². The summed E-state index contributed by atoms with van der Waals surface area (Å²) in [5, 5.41) is 12.0. The zero-order valence-electron chi connectivity index (χ0n) is 18.6. The first-order valence-electron chi connectivity index (χ1n) is 11.4. The summed E-state index contributed by atoms with van der Waals surface area (Å²) in [6, 6.07) is 18.7. The van der Waals surface area contributed by atoms with Gasteiger partial charge in [0.25, 0.3) is 5.91 Å². The highest BCUT2D eigenvalue weighted by molar-refractivity contribution is 6.31. The molecule has 168 valence electrons. The van der Waals surface area contributed by atoms with Gasteiger partial charge in [-0.1, -0.05) is 53.6 Å².